The number of carbonyl (C=O) groups excluding carboxylic acids is 1. The number of benzene rings is 1. The number of aromatic nitrogens is 1. The van der Waals surface area contributed by atoms with Crippen molar-refractivity contribution in [1.82, 2.24) is 10.3 Å². The molecule has 0 bridgehead atoms. The number of halogens is 1. The van der Waals surface area contributed by atoms with Gasteiger partial charge in [0.2, 0.25) is 11.8 Å². The van der Waals surface area contributed by atoms with E-state index in [-0.39, 0.29) is 23.5 Å². The predicted molar refractivity (Wildman–Crippen MR) is 98.8 cm³/mol. The third-order valence-electron chi connectivity index (χ3n) is 4.29. The van der Waals surface area contributed by atoms with Gasteiger partial charge in [0.25, 0.3) is 0 Å². The highest BCUT2D eigenvalue weighted by Crippen LogP contribution is 2.24. The number of nitrogens with zero attached hydrogens (tertiary/aromatic N) is 1. The van der Waals surface area contributed by atoms with E-state index in [1.54, 1.807) is 19.1 Å². The number of hydrogen-bond donors (Lipinski definition) is 1. The summed E-state index contributed by atoms with van der Waals surface area (Å²) in [4.78, 5) is 16.4. The lowest BCUT2D eigenvalue weighted by atomic mass is 10.2. The third-order valence-corrected chi connectivity index (χ3v) is 5.73. The van der Waals surface area contributed by atoms with E-state index in [9.17, 15) is 9.00 Å². The first-order valence-electron chi connectivity index (χ1n) is 8.38. The normalized spacial score (nSPS) is 16.1. The van der Waals surface area contributed by atoms with Crippen LogP contribution in [0.4, 0.5) is 0 Å². The molecule has 0 aliphatic heterocycles. The summed E-state index contributed by atoms with van der Waals surface area (Å²) in [5.41, 5.74) is 1.43. The standard InChI is InChI=1S/C18H21ClN2O3S/c1-12-16(21-18(24-12)13-6-8-14(19)9-7-13)10-25(23)11-17(22)20-15-4-2-3-5-15/h6-9,15H,2-5,10-11H2,1H3,(H,20,22)/t25-/m1/s1. The summed E-state index contributed by atoms with van der Waals surface area (Å²) in [7, 11) is -1.31. The molecule has 25 heavy (non-hydrogen) atoms. The monoisotopic (exact) mass is 380 g/mol. The van der Waals surface area contributed by atoms with Crippen molar-refractivity contribution < 1.29 is 13.4 Å². The van der Waals surface area contributed by atoms with Crippen LogP contribution in [-0.2, 0) is 21.3 Å². The minimum absolute atomic E-state index is 0.000914. The van der Waals surface area contributed by atoms with E-state index in [2.05, 4.69) is 10.3 Å². The van der Waals surface area contributed by atoms with Crippen LogP contribution in [0.15, 0.2) is 28.7 Å². The molecule has 0 radical (unpaired) electrons. The van der Waals surface area contributed by atoms with Crippen molar-refractivity contribution in [2.24, 2.45) is 0 Å². The first-order chi connectivity index (χ1) is 12.0. The number of carbonyl (C=O) groups is 1. The number of rotatable bonds is 6. The summed E-state index contributed by atoms with van der Waals surface area (Å²) in [5.74, 6) is 1.15. The lowest BCUT2D eigenvalue weighted by Crippen LogP contribution is -2.35. The number of hydrogen-bond acceptors (Lipinski definition) is 4. The van der Waals surface area contributed by atoms with Gasteiger partial charge >= 0.3 is 0 Å². The van der Waals surface area contributed by atoms with Crippen LogP contribution >= 0.6 is 11.6 Å². The van der Waals surface area contributed by atoms with Crippen LogP contribution in [0.2, 0.25) is 5.02 Å². The van der Waals surface area contributed by atoms with E-state index in [1.807, 2.05) is 12.1 Å². The SMILES string of the molecule is Cc1oc(-c2ccc(Cl)cc2)nc1C[S@@](=O)CC(=O)NC1CCCC1. The van der Waals surface area contributed by atoms with Crippen LogP contribution in [0, 0.1) is 6.92 Å². The molecule has 5 nitrogen and oxygen atoms in total. The van der Waals surface area contributed by atoms with E-state index in [0.717, 1.165) is 31.2 Å². The molecule has 134 valence electrons. The Balaban J connectivity index is 1.59. The van der Waals surface area contributed by atoms with Gasteiger partial charge in [-0.2, -0.15) is 0 Å². The van der Waals surface area contributed by atoms with E-state index in [1.165, 1.54) is 0 Å². The zero-order chi connectivity index (χ0) is 17.8. The highest BCUT2D eigenvalue weighted by atomic mass is 35.5. The fraction of sp³-hybridized carbons (Fsp3) is 0.444. The molecular formula is C18H21ClN2O3S. The highest BCUT2D eigenvalue weighted by molar-refractivity contribution is 7.84. The first kappa shape index (κ1) is 18.1. The van der Waals surface area contributed by atoms with Crippen molar-refractivity contribution in [2.45, 2.75) is 44.4 Å². The van der Waals surface area contributed by atoms with Gasteiger partial charge < -0.3 is 9.73 Å². The highest BCUT2D eigenvalue weighted by Gasteiger charge is 2.20. The summed E-state index contributed by atoms with van der Waals surface area (Å²) in [5, 5.41) is 3.60. The van der Waals surface area contributed by atoms with Crippen LogP contribution < -0.4 is 5.32 Å². The van der Waals surface area contributed by atoms with Crippen molar-refractivity contribution in [1.29, 1.82) is 0 Å². The second-order valence-electron chi connectivity index (χ2n) is 6.31. The maximum absolute atomic E-state index is 12.3. The number of nitrogens with one attached hydrogen (secondary N) is 1. The summed E-state index contributed by atoms with van der Waals surface area (Å²) >= 11 is 5.88. The van der Waals surface area contributed by atoms with Crippen LogP contribution in [0.3, 0.4) is 0 Å². The number of aryl methyl sites for hydroxylation is 1. The molecule has 1 amide bonds. The molecule has 0 unspecified atom stereocenters. The van der Waals surface area contributed by atoms with E-state index in [4.69, 9.17) is 16.0 Å². The molecule has 7 heteroatoms. The quantitative estimate of drug-likeness (QED) is 0.830. The van der Waals surface area contributed by atoms with Crippen molar-refractivity contribution in [2.75, 3.05) is 5.75 Å². The average molecular weight is 381 g/mol. The van der Waals surface area contributed by atoms with Crippen molar-refractivity contribution >= 4 is 28.3 Å². The second-order valence-corrected chi connectivity index (χ2v) is 8.20. The van der Waals surface area contributed by atoms with Crippen LogP contribution in [0.25, 0.3) is 11.5 Å². The lowest BCUT2D eigenvalue weighted by Gasteiger charge is -2.11. The summed E-state index contributed by atoms with van der Waals surface area (Å²) in [6.45, 7) is 1.79. The van der Waals surface area contributed by atoms with Crippen molar-refractivity contribution in [3.05, 3.63) is 40.7 Å². The van der Waals surface area contributed by atoms with Gasteiger partial charge in [0.05, 0.1) is 11.4 Å². The zero-order valence-corrected chi connectivity index (χ0v) is 15.7. The van der Waals surface area contributed by atoms with Gasteiger partial charge in [-0.1, -0.05) is 24.4 Å². The Morgan fingerprint density at radius 2 is 2.00 bits per heavy atom. The van der Waals surface area contributed by atoms with Gasteiger partial charge in [-0.05, 0) is 44.0 Å². The van der Waals surface area contributed by atoms with Gasteiger partial charge in [0.15, 0.2) is 0 Å². The lowest BCUT2D eigenvalue weighted by molar-refractivity contribution is -0.119. The smallest absolute Gasteiger partial charge is 0.232 e. The van der Waals surface area contributed by atoms with Gasteiger partial charge in [-0.15, -0.1) is 0 Å². The second kappa shape index (κ2) is 8.15. The Morgan fingerprint density at radius 3 is 2.68 bits per heavy atom. The Morgan fingerprint density at radius 1 is 1.32 bits per heavy atom. The van der Waals surface area contributed by atoms with Crippen LogP contribution in [0.5, 0.6) is 0 Å². The molecular weight excluding hydrogens is 360 g/mol. The van der Waals surface area contributed by atoms with Crippen LogP contribution in [0.1, 0.15) is 37.1 Å². The molecule has 1 aromatic heterocycles. The Kier molecular flexibility index (Phi) is 5.91. The van der Waals surface area contributed by atoms with E-state index in [0.29, 0.717) is 22.4 Å². The molecule has 1 aliphatic rings. The molecule has 2 aromatic rings. The van der Waals surface area contributed by atoms with Gasteiger partial charge in [-0.3, -0.25) is 9.00 Å². The molecule has 0 spiro atoms. The molecule has 1 heterocycles. The Labute approximate surface area is 154 Å². The first-order valence-corrected chi connectivity index (χ1v) is 10.2. The van der Waals surface area contributed by atoms with Crippen molar-refractivity contribution in [3.63, 3.8) is 0 Å². The third kappa shape index (κ3) is 4.92. The molecule has 0 saturated heterocycles. The molecule has 1 aromatic carbocycles. The molecule has 1 saturated carbocycles. The van der Waals surface area contributed by atoms with Gasteiger partial charge in [0, 0.05) is 27.4 Å². The van der Waals surface area contributed by atoms with Crippen LogP contribution in [-0.4, -0.2) is 26.9 Å². The predicted octanol–water partition coefficient (Wildman–Crippen LogP) is 3.61. The summed E-state index contributed by atoms with van der Waals surface area (Å²) in [6, 6.07) is 7.42. The van der Waals surface area contributed by atoms with E-state index < -0.39 is 10.8 Å². The largest absolute Gasteiger partial charge is 0.441 e. The topological polar surface area (TPSA) is 72.2 Å². The average Bonchev–Trinajstić information content (AvgIpc) is 3.18. The van der Waals surface area contributed by atoms with Crippen molar-refractivity contribution in [3.8, 4) is 11.5 Å². The maximum Gasteiger partial charge on any atom is 0.232 e. The summed E-state index contributed by atoms with van der Waals surface area (Å²) < 4.78 is 18.0. The molecule has 1 atom stereocenters. The molecule has 1 aliphatic carbocycles. The molecule has 1 N–H and O–H groups in total. The Bertz CT molecular complexity index is 767. The number of amides is 1. The Hall–Kier alpha value is -1.66. The molecule has 1 fully saturated rings. The van der Waals surface area contributed by atoms with Gasteiger partial charge in [0.1, 0.15) is 11.5 Å². The zero-order valence-electron chi connectivity index (χ0n) is 14.1. The summed E-state index contributed by atoms with van der Waals surface area (Å²) in [6.07, 6.45) is 4.34. The molecule has 3 rings (SSSR count). The fourth-order valence-corrected chi connectivity index (χ4v) is 4.14. The number of oxazole rings is 1. The van der Waals surface area contributed by atoms with E-state index >= 15 is 0 Å². The fourth-order valence-electron chi connectivity index (χ4n) is 2.97. The minimum Gasteiger partial charge on any atom is -0.441 e. The minimum atomic E-state index is -1.31. The van der Waals surface area contributed by atoms with Gasteiger partial charge in [-0.25, -0.2) is 4.98 Å². The maximum atomic E-state index is 12.3.